The van der Waals surface area contributed by atoms with E-state index in [1.165, 1.54) is 0 Å². The van der Waals surface area contributed by atoms with Gasteiger partial charge >= 0.3 is 5.97 Å². The summed E-state index contributed by atoms with van der Waals surface area (Å²) >= 11 is 0. The summed E-state index contributed by atoms with van der Waals surface area (Å²) in [6.07, 6.45) is 9.39. The smallest absolute Gasteiger partial charge is 0.303 e. The number of ketones is 1. The van der Waals surface area contributed by atoms with Crippen LogP contribution in [0, 0.1) is 11.8 Å². The molecule has 4 nitrogen and oxygen atoms in total. The van der Waals surface area contributed by atoms with Gasteiger partial charge in [-0.1, -0.05) is 54.6 Å². The van der Waals surface area contributed by atoms with Crippen LogP contribution in [0.2, 0.25) is 0 Å². The van der Waals surface area contributed by atoms with Gasteiger partial charge in [-0.2, -0.15) is 0 Å². The van der Waals surface area contributed by atoms with Gasteiger partial charge in [0, 0.05) is 24.7 Å². The molecule has 1 saturated carbocycles. The number of aliphatic hydroxyl groups excluding tert-OH is 1. The number of allylic oxidation sites excluding steroid dienone is 2. The van der Waals surface area contributed by atoms with Crippen molar-refractivity contribution in [1.29, 1.82) is 0 Å². The Morgan fingerprint density at radius 2 is 1.96 bits per heavy atom. The zero-order chi connectivity index (χ0) is 17.4. The van der Waals surface area contributed by atoms with Gasteiger partial charge in [0.15, 0.2) is 0 Å². The molecule has 4 heteroatoms. The van der Waals surface area contributed by atoms with Crippen molar-refractivity contribution >= 4 is 17.8 Å². The molecule has 0 spiro atoms. The van der Waals surface area contributed by atoms with Gasteiger partial charge < -0.3 is 10.2 Å². The topological polar surface area (TPSA) is 74.6 Å². The summed E-state index contributed by atoms with van der Waals surface area (Å²) < 4.78 is 0. The molecule has 1 aromatic carbocycles. The van der Waals surface area contributed by atoms with Crippen LogP contribution in [0.15, 0.2) is 48.6 Å². The molecule has 0 radical (unpaired) electrons. The summed E-state index contributed by atoms with van der Waals surface area (Å²) in [5, 5.41) is 18.7. The highest BCUT2D eigenvalue weighted by Gasteiger charge is 2.38. The Labute approximate surface area is 142 Å². The average molecular weight is 328 g/mol. The van der Waals surface area contributed by atoms with E-state index in [0.29, 0.717) is 19.3 Å². The maximum absolute atomic E-state index is 12.1. The maximum Gasteiger partial charge on any atom is 0.303 e. The van der Waals surface area contributed by atoms with Crippen molar-refractivity contribution in [3.63, 3.8) is 0 Å². The summed E-state index contributed by atoms with van der Waals surface area (Å²) in [6, 6.07) is 9.82. The lowest BCUT2D eigenvalue weighted by molar-refractivity contribution is -0.137. The lowest BCUT2D eigenvalue weighted by Crippen LogP contribution is -2.17. The van der Waals surface area contributed by atoms with Crippen LogP contribution in [0.1, 0.15) is 37.7 Å². The minimum Gasteiger partial charge on any atom is -0.481 e. The van der Waals surface area contributed by atoms with Gasteiger partial charge in [-0.3, -0.25) is 9.59 Å². The summed E-state index contributed by atoms with van der Waals surface area (Å²) in [4.78, 5) is 22.6. The number of carboxylic acids is 1. The molecule has 1 aromatic rings. The molecule has 0 bridgehead atoms. The lowest BCUT2D eigenvalue weighted by atomic mass is 9.90. The summed E-state index contributed by atoms with van der Waals surface area (Å²) in [7, 11) is 0. The number of benzene rings is 1. The van der Waals surface area contributed by atoms with Gasteiger partial charge in [-0.15, -0.1) is 0 Å². The van der Waals surface area contributed by atoms with E-state index < -0.39 is 12.1 Å². The maximum atomic E-state index is 12.1. The molecule has 1 fully saturated rings. The fraction of sp³-hybridized carbons (Fsp3) is 0.400. The van der Waals surface area contributed by atoms with Crippen molar-refractivity contribution in [2.75, 3.05) is 0 Å². The second-order valence-electron chi connectivity index (χ2n) is 6.18. The third-order valence-corrected chi connectivity index (χ3v) is 4.36. The molecule has 0 aromatic heterocycles. The SMILES string of the molecule is O=C(O)CCC/C=C\C[C@H]1C(=O)C[C@@H](O)[C@@H]1/C=C/c1ccccc1. The summed E-state index contributed by atoms with van der Waals surface area (Å²) in [5.74, 6) is -1.05. The van der Waals surface area contributed by atoms with Gasteiger partial charge in [0.25, 0.3) is 0 Å². The Morgan fingerprint density at radius 3 is 2.67 bits per heavy atom. The summed E-state index contributed by atoms with van der Waals surface area (Å²) in [6.45, 7) is 0. The Bertz CT molecular complexity index is 603. The van der Waals surface area contributed by atoms with Crippen molar-refractivity contribution in [1.82, 2.24) is 0 Å². The van der Waals surface area contributed by atoms with Gasteiger partial charge in [0.2, 0.25) is 0 Å². The first-order valence-electron chi connectivity index (χ1n) is 8.38. The van der Waals surface area contributed by atoms with Crippen LogP contribution in [0.4, 0.5) is 0 Å². The summed E-state index contributed by atoms with van der Waals surface area (Å²) in [5.41, 5.74) is 1.05. The van der Waals surface area contributed by atoms with Gasteiger partial charge in [0.05, 0.1) is 6.10 Å². The number of carbonyl (C=O) groups excluding carboxylic acids is 1. The fourth-order valence-electron chi connectivity index (χ4n) is 3.05. The number of rotatable bonds is 8. The number of hydrogen-bond donors (Lipinski definition) is 2. The molecule has 0 amide bonds. The predicted molar refractivity (Wildman–Crippen MR) is 93.3 cm³/mol. The molecule has 128 valence electrons. The van der Waals surface area contributed by atoms with Crippen LogP contribution in [0.3, 0.4) is 0 Å². The first-order valence-corrected chi connectivity index (χ1v) is 8.38. The quantitative estimate of drug-likeness (QED) is 0.566. The first-order chi connectivity index (χ1) is 11.6. The van der Waals surface area contributed by atoms with Crippen molar-refractivity contribution in [3.8, 4) is 0 Å². The predicted octanol–water partition coefficient (Wildman–Crippen LogP) is 3.47. The van der Waals surface area contributed by atoms with Crippen LogP contribution in [-0.2, 0) is 9.59 Å². The monoisotopic (exact) mass is 328 g/mol. The Morgan fingerprint density at radius 1 is 1.21 bits per heavy atom. The Balaban J connectivity index is 1.91. The molecular weight excluding hydrogens is 304 g/mol. The lowest BCUT2D eigenvalue weighted by Gasteiger charge is -2.15. The highest BCUT2D eigenvalue weighted by molar-refractivity contribution is 5.85. The average Bonchev–Trinajstić information content (AvgIpc) is 2.83. The van der Waals surface area contributed by atoms with E-state index in [1.54, 1.807) is 0 Å². The van der Waals surface area contributed by atoms with Crippen LogP contribution in [-0.4, -0.2) is 28.1 Å². The van der Waals surface area contributed by atoms with E-state index in [9.17, 15) is 14.7 Å². The fourth-order valence-corrected chi connectivity index (χ4v) is 3.05. The van der Waals surface area contributed by atoms with Crippen LogP contribution in [0.25, 0.3) is 6.08 Å². The number of Topliss-reactive ketones (excluding diaryl/α,β-unsaturated/α-hetero) is 1. The van der Waals surface area contributed by atoms with Gasteiger partial charge in [-0.25, -0.2) is 0 Å². The number of aliphatic carboxylic acids is 1. The third kappa shape index (κ3) is 5.46. The van der Waals surface area contributed by atoms with Gasteiger partial charge in [-0.05, 0) is 24.8 Å². The van der Waals surface area contributed by atoms with Crippen LogP contribution in [0.5, 0.6) is 0 Å². The molecule has 1 aliphatic rings. The van der Waals surface area contributed by atoms with Crippen molar-refractivity contribution in [3.05, 3.63) is 54.1 Å². The van der Waals surface area contributed by atoms with Crippen molar-refractivity contribution in [2.45, 2.75) is 38.2 Å². The normalized spacial score (nSPS) is 24.2. The first kappa shape index (κ1) is 18.1. The Kier molecular flexibility index (Phi) is 6.94. The van der Waals surface area contributed by atoms with E-state index in [-0.39, 0.29) is 30.5 Å². The highest BCUT2D eigenvalue weighted by atomic mass is 16.4. The molecule has 1 aliphatic carbocycles. The second-order valence-corrected chi connectivity index (χ2v) is 6.18. The minimum absolute atomic E-state index is 0.0976. The van der Waals surface area contributed by atoms with Crippen LogP contribution >= 0.6 is 0 Å². The molecule has 0 unspecified atom stereocenters. The standard InChI is InChI=1S/C20H24O4/c21-18-14-19(22)17(13-12-15-8-4-3-5-9-15)16(18)10-6-1-2-7-11-20(23)24/h1,3-6,8-9,12-13,16-17,19,22H,2,7,10-11,14H2,(H,23,24)/b6-1-,13-12+/t16-,17-,19-/m1/s1. The molecule has 24 heavy (non-hydrogen) atoms. The molecule has 0 aliphatic heterocycles. The third-order valence-electron chi connectivity index (χ3n) is 4.36. The number of carboxylic acid groups (broad SMARTS) is 1. The molecule has 2 rings (SSSR count). The number of aliphatic hydroxyl groups is 1. The highest BCUT2D eigenvalue weighted by Crippen LogP contribution is 2.33. The number of carbonyl (C=O) groups is 2. The zero-order valence-corrected chi connectivity index (χ0v) is 13.7. The zero-order valence-electron chi connectivity index (χ0n) is 13.7. The van der Waals surface area contributed by atoms with Crippen molar-refractivity contribution in [2.24, 2.45) is 11.8 Å². The molecular formula is C20H24O4. The van der Waals surface area contributed by atoms with Crippen molar-refractivity contribution < 1.29 is 19.8 Å². The van der Waals surface area contributed by atoms with Crippen LogP contribution < -0.4 is 0 Å². The molecule has 2 N–H and O–H groups in total. The van der Waals surface area contributed by atoms with E-state index in [0.717, 1.165) is 5.56 Å². The van der Waals surface area contributed by atoms with E-state index in [4.69, 9.17) is 5.11 Å². The molecule has 0 saturated heterocycles. The minimum atomic E-state index is -0.788. The van der Waals surface area contributed by atoms with Gasteiger partial charge in [0.1, 0.15) is 5.78 Å². The molecule has 0 heterocycles. The van der Waals surface area contributed by atoms with E-state index in [2.05, 4.69) is 0 Å². The molecule has 3 atom stereocenters. The van der Waals surface area contributed by atoms with E-state index in [1.807, 2.05) is 54.6 Å². The van der Waals surface area contributed by atoms with E-state index >= 15 is 0 Å². The largest absolute Gasteiger partial charge is 0.481 e. The number of hydrogen-bond acceptors (Lipinski definition) is 3. The second kappa shape index (κ2) is 9.18. The number of unbranched alkanes of at least 4 members (excludes halogenated alkanes) is 1. The Hall–Kier alpha value is -2.20.